The van der Waals surface area contributed by atoms with E-state index in [2.05, 4.69) is 10.1 Å². The van der Waals surface area contributed by atoms with Gasteiger partial charge in [0, 0.05) is 17.7 Å². The Balaban J connectivity index is 1.53. The molecule has 0 saturated carbocycles. The number of aryl methyl sites for hydroxylation is 1. The maximum atomic E-state index is 14.1. The van der Waals surface area contributed by atoms with Crippen LogP contribution in [0.25, 0.3) is 28.0 Å². The van der Waals surface area contributed by atoms with Crippen molar-refractivity contribution < 1.29 is 27.2 Å². The number of hydrogen-bond acceptors (Lipinski definition) is 5. The minimum Gasteiger partial charge on any atom is -0.489 e. The molecule has 5 rings (SSSR count). The van der Waals surface area contributed by atoms with E-state index in [1.54, 1.807) is 36.4 Å². The predicted octanol–water partition coefficient (Wildman–Crippen LogP) is 7.04. The molecule has 0 unspecified atom stereocenters. The lowest BCUT2D eigenvalue weighted by atomic mass is 10.0. The van der Waals surface area contributed by atoms with Gasteiger partial charge in [0.25, 0.3) is 5.69 Å². The van der Waals surface area contributed by atoms with Crippen molar-refractivity contribution in [2.45, 2.75) is 19.7 Å². The molecule has 0 N–H and O–H groups in total. The summed E-state index contributed by atoms with van der Waals surface area (Å²) in [6.45, 7) is 1.64. The van der Waals surface area contributed by atoms with Crippen LogP contribution in [0, 0.1) is 22.9 Å². The molecular weight excluding hydrogens is 504 g/mol. The normalized spacial score (nSPS) is 11.6. The Morgan fingerprint density at radius 3 is 2.24 bits per heavy atom. The van der Waals surface area contributed by atoms with Crippen LogP contribution in [0.3, 0.4) is 0 Å². The maximum Gasteiger partial charge on any atom is 0.417 e. The number of nitro benzene ring substituents is 1. The minimum atomic E-state index is -4.68. The number of alkyl halides is 3. The van der Waals surface area contributed by atoms with Crippen molar-refractivity contribution in [2.75, 3.05) is 0 Å². The maximum absolute atomic E-state index is 14.1. The molecule has 0 spiro atoms. The quantitative estimate of drug-likeness (QED) is 0.136. The van der Waals surface area contributed by atoms with Gasteiger partial charge in [-0.3, -0.25) is 10.1 Å². The molecule has 11 heteroatoms. The van der Waals surface area contributed by atoms with Gasteiger partial charge in [0.05, 0.1) is 32.9 Å². The Labute approximate surface area is 213 Å². The second kappa shape index (κ2) is 9.58. The van der Waals surface area contributed by atoms with Crippen molar-refractivity contribution in [1.82, 2.24) is 14.8 Å². The molecule has 0 saturated heterocycles. The highest BCUT2D eigenvalue weighted by molar-refractivity contribution is 5.87. The molecule has 0 radical (unpaired) electrons. The third kappa shape index (κ3) is 4.90. The highest BCUT2D eigenvalue weighted by Gasteiger charge is 2.36. The highest BCUT2D eigenvalue weighted by Crippen LogP contribution is 2.39. The first-order valence-electron chi connectivity index (χ1n) is 11.3. The Kier molecular flexibility index (Phi) is 6.27. The van der Waals surface area contributed by atoms with E-state index in [1.807, 2.05) is 0 Å². The molecule has 0 aliphatic rings. The van der Waals surface area contributed by atoms with Crippen molar-refractivity contribution in [3.63, 3.8) is 0 Å². The number of non-ortho nitro benzene ring substituents is 1. The molecule has 7 nitrogen and oxygen atoms in total. The van der Waals surface area contributed by atoms with Crippen LogP contribution >= 0.6 is 0 Å². The SMILES string of the molecule is Cc1nn(-c2ccc([N+](=O)[O-])cc2)c2nc(-c3ccc(OCc4ccc(F)cc4)cc3)cc(C(F)(F)F)c12. The number of aromatic nitrogens is 3. The number of fused-ring (bicyclic) bond motifs is 1. The summed E-state index contributed by atoms with van der Waals surface area (Å²) >= 11 is 0. The Bertz CT molecular complexity index is 1630. The molecule has 2 heterocycles. The zero-order valence-electron chi connectivity index (χ0n) is 19.7. The lowest BCUT2D eigenvalue weighted by Crippen LogP contribution is -2.08. The van der Waals surface area contributed by atoms with Gasteiger partial charge in [-0.05, 0) is 67.1 Å². The van der Waals surface area contributed by atoms with Crippen LogP contribution in [0.4, 0.5) is 23.2 Å². The van der Waals surface area contributed by atoms with Crippen molar-refractivity contribution in [3.8, 4) is 22.7 Å². The van der Waals surface area contributed by atoms with Gasteiger partial charge in [-0.2, -0.15) is 18.3 Å². The number of halogens is 4. The van der Waals surface area contributed by atoms with Crippen molar-refractivity contribution in [3.05, 3.63) is 112 Å². The number of hydrogen-bond donors (Lipinski definition) is 0. The Morgan fingerprint density at radius 2 is 1.63 bits per heavy atom. The summed E-state index contributed by atoms with van der Waals surface area (Å²) in [5, 5.41) is 15.1. The van der Waals surface area contributed by atoms with Crippen LogP contribution in [-0.2, 0) is 12.8 Å². The van der Waals surface area contributed by atoms with Gasteiger partial charge in [-0.25, -0.2) is 14.1 Å². The molecule has 2 aromatic heterocycles. The molecule has 5 aromatic rings. The third-order valence-corrected chi connectivity index (χ3v) is 5.89. The molecule has 0 atom stereocenters. The second-order valence-electron chi connectivity index (χ2n) is 8.46. The van der Waals surface area contributed by atoms with E-state index < -0.39 is 16.7 Å². The van der Waals surface area contributed by atoms with E-state index in [-0.39, 0.29) is 40.5 Å². The number of benzene rings is 3. The molecule has 0 aliphatic carbocycles. The number of rotatable bonds is 6. The van der Waals surface area contributed by atoms with E-state index in [0.717, 1.165) is 11.6 Å². The summed E-state index contributed by atoms with van der Waals surface area (Å²) in [4.78, 5) is 14.9. The van der Waals surface area contributed by atoms with Crippen LogP contribution in [0.15, 0.2) is 78.9 Å². The summed E-state index contributed by atoms with van der Waals surface area (Å²) in [7, 11) is 0. The zero-order chi connectivity index (χ0) is 27.0. The van der Waals surface area contributed by atoms with Gasteiger partial charge in [0.1, 0.15) is 18.2 Å². The fourth-order valence-electron chi connectivity index (χ4n) is 4.03. The molecule has 0 fully saturated rings. The molecule has 3 aromatic carbocycles. The summed E-state index contributed by atoms with van der Waals surface area (Å²) in [5.74, 6) is 0.118. The predicted molar refractivity (Wildman–Crippen MR) is 131 cm³/mol. The van der Waals surface area contributed by atoms with Crippen LogP contribution in [0.5, 0.6) is 5.75 Å². The van der Waals surface area contributed by atoms with Crippen LogP contribution in [-0.4, -0.2) is 19.7 Å². The van der Waals surface area contributed by atoms with Gasteiger partial charge in [-0.1, -0.05) is 12.1 Å². The van der Waals surface area contributed by atoms with Crippen LogP contribution in [0.1, 0.15) is 16.8 Å². The Morgan fingerprint density at radius 1 is 0.974 bits per heavy atom. The average Bonchev–Trinajstić information content (AvgIpc) is 3.24. The van der Waals surface area contributed by atoms with Crippen molar-refractivity contribution >= 4 is 16.7 Å². The van der Waals surface area contributed by atoms with E-state index in [1.165, 1.54) is 48.0 Å². The number of nitrogens with zero attached hydrogens (tertiary/aromatic N) is 4. The largest absolute Gasteiger partial charge is 0.489 e. The van der Waals surface area contributed by atoms with Gasteiger partial charge in [0.15, 0.2) is 5.65 Å². The lowest BCUT2D eigenvalue weighted by Gasteiger charge is -2.12. The van der Waals surface area contributed by atoms with Crippen molar-refractivity contribution in [1.29, 1.82) is 0 Å². The number of ether oxygens (including phenoxy) is 1. The summed E-state index contributed by atoms with van der Waals surface area (Å²) < 4.78 is 62.4. The molecule has 0 aliphatic heterocycles. The molecule has 38 heavy (non-hydrogen) atoms. The van der Waals surface area contributed by atoms with E-state index in [9.17, 15) is 27.7 Å². The molecular formula is C27H18F4N4O3. The first kappa shape index (κ1) is 24.9. The van der Waals surface area contributed by atoms with Crippen molar-refractivity contribution in [2.24, 2.45) is 0 Å². The monoisotopic (exact) mass is 522 g/mol. The topological polar surface area (TPSA) is 83.1 Å². The van der Waals surface area contributed by atoms with E-state index >= 15 is 0 Å². The zero-order valence-corrected chi connectivity index (χ0v) is 19.7. The average molecular weight is 522 g/mol. The van der Waals surface area contributed by atoms with Gasteiger partial charge < -0.3 is 4.74 Å². The number of nitro groups is 1. The lowest BCUT2D eigenvalue weighted by molar-refractivity contribution is -0.384. The minimum absolute atomic E-state index is 0.0298. The van der Waals surface area contributed by atoms with E-state index in [0.29, 0.717) is 17.0 Å². The van der Waals surface area contributed by atoms with Gasteiger partial charge >= 0.3 is 6.18 Å². The van der Waals surface area contributed by atoms with Gasteiger partial charge in [-0.15, -0.1) is 0 Å². The summed E-state index contributed by atoms with van der Waals surface area (Å²) in [5.41, 5.74) is 0.613. The fraction of sp³-hybridized carbons (Fsp3) is 0.111. The Hall–Kier alpha value is -4.80. The molecule has 0 bridgehead atoms. The van der Waals surface area contributed by atoms with E-state index in [4.69, 9.17) is 4.74 Å². The summed E-state index contributed by atoms with van der Waals surface area (Å²) in [6, 6.07) is 18.5. The first-order chi connectivity index (χ1) is 18.1. The summed E-state index contributed by atoms with van der Waals surface area (Å²) in [6.07, 6.45) is -4.68. The van der Waals surface area contributed by atoms with Crippen LogP contribution in [0.2, 0.25) is 0 Å². The molecule has 0 amide bonds. The van der Waals surface area contributed by atoms with Crippen LogP contribution < -0.4 is 4.74 Å². The third-order valence-electron chi connectivity index (χ3n) is 5.89. The standard InChI is InChI=1S/C27H18F4N4O3/c1-16-25-23(27(29,30)31)14-24(32-26(25)34(33-16)20-8-10-21(11-9-20)35(36)37)18-4-12-22(13-5-18)38-15-17-2-6-19(28)7-3-17/h2-14H,15H2,1H3. The second-order valence-corrected chi connectivity index (χ2v) is 8.46. The van der Waals surface area contributed by atoms with Gasteiger partial charge in [0.2, 0.25) is 0 Å². The molecule has 192 valence electrons. The number of pyridine rings is 1. The highest BCUT2D eigenvalue weighted by atomic mass is 19.4. The smallest absolute Gasteiger partial charge is 0.417 e. The first-order valence-corrected chi connectivity index (χ1v) is 11.3. The fourth-order valence-corrected chi connectivity index (χ4v) is 4.03.